The predicted octanol–water partition coefficient (Wildman–Crippen LogP) is 0.674. The van der Waals surface area contributed by atoms with Crippen molar-refractivity contribution in [2.24, 2.45) is 11.1 Å². The Morgan fingerprint density at radius 2 is 2.36 bits per heavy atom. The molecule has 76 valence electrons. The molecule has 4 nitrogen and oxygen atoms in total. The van der Waals surface area contributed by atoms with Gasteiger partial charge in [0.1, 0.15) is 0 Å². The first-order valence-electron chi connectivity index (χ1n) is 4.42. The van der Waals surface area contributed by atoms with Crippen LogP contribution < -0.4 is 5.73 Å². The summed E-state index contributed by atoms with van der Waals surface area (Å²) in [5, 5.41) is 8.99. The molecule has 1 rings (SSSR count). The second kappa shape index (κ2) is 4.19. The molecule has 14 heavy (non-hydrogen) atoms. The van der Waals surface area contributed by atoms with E-state index in [0.717, 1.165) is 5.69 Å². The quantitative estimate of drug-likeness (QED) is 0.738. The van der Waals surface area contributed by atoms with Crippen LogP contribution >= 0.6 is 0 Å². The first-order valence-corrected chi connectivity index (χ1v) is 4.42. The van der Waals surface area contributed by atoms with Gasteiger partial charge in [0, 0.05) is 24.9 Å². The molecule has 0 radical (unpaired) electrons. The number of carboxylic acid groups (broad SMARTS) is 1. The van der Waals surface area contributed by atoms with Gasteiger partial charge in [0.15, 0.2) is 0 Å². The Labute approximate surface area is 82.8 Å². The molecule has 0 spiro atoms. The van der Waals surface area contributed by atoms with Crippen LogP contribution in [0.3, 0.4) is 0 Å². The Bertz CT molecular complexity index is 313. The maximum atomic E-state index is 10.9. The van der Waals surface area contributed by atoms with Crippen molar-refractivity contribution in [3.8, 4) is 0 Å². The van der Waals surface area contributed by atoms with Crippen LogP contribution in [-0.2, 0) is 11.2 Å². The van der Waals surface area contributed by atoms with Gasteiger partial charge >= 0.3 is 5.97 Å². The largest absolute Gasteiger partial charge is 0.481 e. The van der Waals surface area contributed by atoms with Gasteiger partial charge in [-0.1, -0.05) is 6.07 Å². The number of hydrogen-bond donors (Lipinski definition) is 2. The molecule has 0 aliphatic heterocycles. The average Bonchev–Trinajstić information content (AvgIpc) is 2.19. The molecule has 1 aromatic rings. The van der Waals surface area contributed by atoms with Crippen molar-refractivity contribution >= 4 is 5.97 Å². The van der Waals surface area contributed by atoms with Gasteiger partial charge in [-0.15, -0.1) is 0 Å². The summed E-state index contributed by atoms with van der Waals surface area (Å²) >= 11 is 0. The van der Waals surface area contributed by atoms with Crippen LogP contribution in [0, 0.1) is 5.41 Å². The van der Waals surface area contributed by atoms with Crippen LogP contribution in [0.2, 0.25) is 0 Å². The van der Waals surface area contributed by atoms with Crippen LogP contribution in [0.1, 0.15) is 12.6 Å². The van der Waals surface area contributed by atoms with Crippen LogP contribution in [-0.4, -0.2) is 22.6 Å². The van der Waals surface area contributed by atoms with Crippen LogP contribution in [0.5, 0.6) is 0 Å². The highest BCUT2D eigenvalue weighted by atomic mass is 16.4. The van der Waals surface area contributed by atoms with E-state index in [1.807, 2.05) is 6.07 Å². The van der Waals surface area contributed by atoms with Gasteiger partial charge in [0.25, 0.3) is 0 Å². The maximum absolute atomic E-state index is 10.9. The molecular weight excluding hydrogens is 180 g/mol. The third-order valence-corrected chi connectivity index (χ3v) is 2.26. The minimum absolute atomic E-state index is 0.110. The van der Waals surface area contributed by atoms with Gasteiger partial charge in [-0.25, -0.2) is 0 Å². The van der Waals surface area contributed by atoms with Gasteiger partial charge in [0.2, 0.25) is 0 Å². The van der Waals surface area contributed by atoms with Gasteiger partial charge in [0.05, 0.1) is 5.41 Å². The summed E-state index contributed by atoms with van der Waals surface area (Å²) in [5.41, 5.74) is 5.28. The lowest BCUT2D eigenvalue weighted by Crippen LogP contribution is -2.37. The van der Waals surface area contributed by atoms with E-state index in [9.17, 15) is 4.79 Å². The zero-order valence-electron chi connectivity index (χ0n) is 8.10. The van der Waals surface area contributed by atoms with Crippen molar-refractivity contribution in [2.75, 3.05) is 6.54 Å². The van der Waals surface area contributed by atoms with Gasteiger partial charge < -0.3 is 10.8 Å². The molecular formula is C10H14N2O2. The molecule has 0 aliphatic rings. The lowest BCUT2D eigenvalue weighted by atomic mass is 9.85. The average molecular weight is 194 g/mol. The fraction of sp³-hybridized carbons (Fsp3) is 0.400. The molecule has 1 heterocycles. The molecule has 0 bridgehead atoms. The Morgan fingerprint density at radius 1 is 1.64 bits per heavy atom. The maximum Gasteiger partial charge on any atom is 0.311 e. The topological polar surface area (TPSA) is 76.2 Å². The molecule has 1 aromatic heterocycles. The third-order valence-electron chi connectivity index (χ3n) is 2.26. The molecule has 4 heteroatoms. The number of aromatic nitrogens is 1. The highest BCUT2D eigenvalue weighted by Gasteiger charge is 2.32. The summed E-state index contributed by atoms with van der Waals surface area (Å²) in [4.78, 5) is 15.0. The van der Waals surface area contributed by atoms with E-state index in [2.05, 4.69) is 4.98 Å². The second-order valence-corrected chi connectivity index (χ2v) is 3.57. The third kappa shape index (κ3) is 2.29. The minimum Gasteiger partial charge on any atom is -0.481 e. The fourth-order valence-electron chi connectivity index (χ4n) is 1.14. The van der Waals surface area contributed by atoms with Crippen LogP contribution in [0.4, 0.5) is 0 Å². The molecule has 0 fully saturated rings. The number of aliphatic carboxylic acids is 1. The van der Waals surface area contributed by atoms with Crippen molar-refractivity contribution in [1.29, 1.82) is 0 Å². The number of rotatable bonds is 4. The molecule has 3 N–H and O–H groups in total. The molecule has 0 aromatic carbocycles. The van der Waals surface area contributed by atoms with E-state index >= 15 is 0 Å². The van der Waals surface area contributed by atoms with Crippen molar-refractivity contribution in [1.82, 2.24) is 4.98 Å². The highest BCUT2D eigenvalue weighted by molar-refractivity contribution is 5.74. The summed E-state index contributed by atoms with van der Waals surface area (Å²) in [6.45, 7) is 1.74. The van der Waals surface area contributed by atoms with Gasteiger partial charge in [-0.3, -0.25) is 9.78 Å². The van der Waals surface area contributed by atoms with E-state index in [4.69, 9.17) is 10.8 Å². The van der Waals surface area contributed by atoms with Crippen LogP contribution in [0.25, 0.3) is 0 Å². The standard InChI is InChI=1S/C10H14N2O2/c1-10(7-11,9(13)14)6-8-4-2-3-5-12-8/h2-5H,6-7,11H2,1H3,(H,13,14). The van der Waals surface area contributed by atoms with Crippen molar-refractivity contribution in [3.05, 3.63) is 30.1 Å². The Hall–Kier alpha value is -1.42. The number of nitrogens with zero attached hydrogens (tertiary/aromatic N) is 1. The smallest absolute Gasteiger partial charge is 0.311 e. The fourth-order valence-corrected chi connectivity index (χ4v) is 1.14. The predicted molar refractivity (Wildman–Crippen MR) is 52.7 cm³/mol. The molecule has 0 aliphatic carbocycles. The van der Waals surface area contributed by atoms with Gasteiger partial charge in [-0.05, 0) is 19.1 Å². The summed E-state index contributed by atoms with van der Waals surface area (Å²) in [6, 6.07) is 5.43. The van der Waals surface area contributed by atoms with Crippen molar-refractivity contribution in [3.63, 3.8) is 0 Å². The Kier molecular flexibility index (Phi) is 3.19. The number of carboxylic acids is 1. The second-order valence-electron chi connectivity index (χ2n) is 3.57. The normalized spacial score (nSPS) is 14.7. The van der Waals surface area contributed by atoms with E-state index in [-0.39, 0.29) is 6.54 Å². The van der Waals surface area contributed by atoms with Gasteiger partial charge in [-0.2, -0.15) is 0 Å². The number of carbonyl (C=O) groups is 1. The SMILES string of the molecule is CC(CN)(Cc1ccccn1)C(=O)O. The molecule has 0 saturated heterocycles. The van der Waals surface area contributed by atoms with Crippen molar-refractivity contribution < 1.29 is 9.90 Å². The molecule has 1 atom stereocenters. The van der Waals surface area contributed by atoms with Crippen LogP contribution in [0.15, 0.2) is 24.4 Å². The number of pyridine rings is 1. The Balaban J connectivity index is 2.81. The lowest BCUT2D eigenvalue weighted by Gasteiger charge is -2.21. The zero-order chi connectivity index (χ0) is 10.6. The summed E-state index contributed by atoms with van der Waals surface area (Å²) in [6.07, 6.45) is 2.01. The highest BCUT2D eigenvalue weighted by Crippen LogP contribution is 2.20. The number of hydrogen-bond acceptors (Lipinski definition) is 3. The minimum atomic E-state index is -0.922. The molecule has 0 amide bonds. The van der Waals surface area contributed by atoms with E-state index < -0.39 is 11.4 Å². The van der Waals surface area contributed by atoms with E-state index in [1.54, 1.807) is 25.3 Å². The zero-order valence-corrected chi connectivity index (χ0v) is 8.10. The summed E-state index contributed by atoms with van der Waals surface area (Å²) < 4.78 is 0. The molecule has 1 unspecified atom stereocenters. The number of nitrogens with two attached hydrogens (primary N) is 1. The monoisotopic (exact) mass is 194 g/mol. The Morgan fingerprint density at radius 3 is 2.79 bits per heavy atom. The molecule has 0 saturated carbocycles. The first kappa shape index (κ1) is 10.7. The van der Waals surface area contributed by atoms with E-state index in [1.165, 1.54) is 0 Å². The van der Waals surface area contributed by atoms with Crippen molar-refractivity contribution in [2.45, 2.75) is 13.3 Å². The first-order chi connectivity index (χ1) is 6.58. The summed E-state index contributed by atoms with van der Waals surface area (Å²) in [5.74, 6) is -0.884. The summed E-state index contributed by atoms with van der Waals surface area (Å²) in [7, 11) is 0. The van der Waals surface area contributed by atoms with E-state index in [0.29, 0.717) is 6.42 Å². The lowest BCUT2D eigenvalue weighted by molar-refractivity contribution is -0.147.